The number of allylic oxidation sites excluding steroid dienone is 1. The van der Waals surface area contributed by atoms with Gasteiger partial charge in [0.05, 0.1) is 24.0 Å². The van der Waals surface area contributed by atoms with Crippen LogP contribution in [-0.4, -0.2) is 18.3 Å². The maximum atomic E-state index is 14.5. The van der Waals surface area contributed by atoms with Gasteiger partial charge in [0.15, 0.2) is 17.3 Å². The van der Waals surface area contributed by atoms with Gasteiger partial charge in [-0.25, -0.2) is 0 Å². The van der Waals surface area contributed by atoms with Crippen molar-refractivity contribution in [3.8, 4) is 11.5 Å². The molecule has 6 rings (SSSR count). The predicted molar refractivity (Wildman–Crippen MR) is 175 cm³/mol. The normalized spacial score (nSPS) is 17.2. The fraction of sp³-hybridized carbons (Fsp3) is 0.243. The molecule has 4 aromatic rings. The fourth-order valence-electron chi connectivity index (χ4n) is 6.07. The summed E-state index contributed by atoms with van der Waals surface area (Å²) in [6.45, 7) is 6.88. The zero-order valence-electron chi connectivity index (χ0n) is 25.1. The Kier molecular flexibility index (Phi) is 8.19. The number of ketones is 1. The van der Waals surface area contributed by atoms with E-state index < -0.39 is 6.04 Å². The number of rotatable bonds is 7. The van der Waals surface area contributed by atoms with Gasteiger partial charge in [-0.1, -0.05) is 74.0 Å². The lowest BCUT2D eigenvalue weighted by molar-refractivity contribution is -0.118. The minimum atomic E-state index is -0.693. The third-order valence-corrected chi connectivity index (χ3v) is 8.28. The number of carbonyl (C=O) groups excluding carboxylic acids is 2. The molecular formula is C37H35ClN2O4. The molecule has 2 aliphatic rings. The molecule has 1 amide bonds. The van der Waals surface area contributed by atoms with Gasteiger partial charge in [0.1, 0.15) is 6.61 Å². The molecule has 1 heterocycles. The van der Waals surface area contributed by atoms with E-state index in [2.05, 4.69) is 19.2 Å². The van der Waals surface area contributed by atoms with Gasteiger partial charge in [0.2, 0.25) is 0 Å². The van der Waals surface area contributed by atoms with E-state index in [9.17, 15) is 9.59 Å². The number of halogens is 1. The Bertz CT molecular complexity index is 1730. The number of para-hydroxylation sites is 2. The summed E-state index contributed by atoms with van der Waals surface area (Å²) in [7, 11) is 0. The van der Waals surface area contributed by atoms with E-state index in [1.165, 1.54) is 0 Å². The SMILES string of the molecule is CCOc1cc([C@@H]2C3=C(CC(C)(C)CC3=O)Nc3ccccc3N2C(=O)c2ccccc2)ccc1OCc1ccc(Cl)cc1. The fourth-order valence-corrected chi connectivity index (χ4v) is 6.20. The Morgan fingerprint density at radius 3 is 2.39 bits per heavy atom. The monoisotopic (exact) mass is 606 g/mol. The van der Waals surface area contributed by atoms with E-state index in [0.717, 1.165) is 22.5 Å². The van der Waals surface area contributed by atoms with Crippen molar-refractivity contribution in [2.45, 2.75) is 46.3 Å². The molecule has 6 nitrogen and oxygen atoms in total. The smallest absolute Gasteiger partial charge is 0.259 e. The molecular weight excluding hydrogens is 572 g/mol. The van der Waals surface area contributed by atoms with Crippen LogP contribution in [0.4, 0.5) is 11.4 Å². The first kappa shape index (κ1) is 29.5. The molecule has 0 unspecified atom stereocenters. The number of hydrogen-bond acceptors (Lipinski definition) is 5. The first-order valence-corrected chi connectivity index (χ1v) is 15.3. The number of amides is 1. The third kappa shape index (κ3) is 5.95. The van der Waals surface area contributed by atoms with Gasteiger partial charge < -0.3 is 14.8 Å². The molecule has 0 saturated carbocycles. The van der Waals surface area contributed by atoms with Gasteiger partial charge in [0.25, 0.3) is 5.91 Å². The average Bonchev–Trinajstić information content (AvgIpc) is 3.15. The zero-order chi connectivity index (χ0) is 30.8. The number of nitrogens with zero attached hydrogens (tertiary/aromatic N) is 1. The highest BCUT2D eigenvalue weighted by atomic mass is 35.5. The summed E-state index contributed by atoms with van der Waals surface area (Å²) in [5, 5.41) is 4.24. The van der Waals surface area contributed by atoms with Crippen LogP contribution in [0.15, 0.2) is 108 Å². The second-order valence-corrected chi connectivity index (χ2v) is 12.4. The van der Waals surface area contributed by atoms with Gasteiger partial charge in [-0.05, 0) is 78.4 Å². The largest absolute Gasteiger partial charge is 0.490 e. The van der Waals surface area contributed by atoms with Crippen molar-refractivity contribution in [3.63, 3.8) is 0 Å². The maximum Gasteiger partial charge on any atom is 0.259 e. The van der Waals surface area contributed by atoms with E-state index in [1.807, 2.05) is 91.9 Å². The van der Waals surface area contributed by atoms with E-state index >= 15 is 0 Å². The average molecular weight is 607 g/mol. The van der Waals surface area contributed by atoms with Gasteiger partial charge >= 0.3 is 0 Å². The summed E-state index contributed by atoms with van der Waals surface area (Å²) in [6, 6.07) is 29.4. The van der Waals surface area contributed by atoms with E-state index in [1.54, 1.807) is 17.0 Å². The predicted octanol–water partition coefficient (Wildman–Crippen LogP) is 8.77. The van der Waals surface area contributed by atoms with Crippen molar-refractivity contribution < 1.29 is 19.1 Å². The number of ether oxygens (including phenoxy) is 2. The second kappa shape index (κ2) is 12.2. The second-order valence-electron chi connectivity index (χ2n) is 12.0. The number of carbonyl (C=O) groups is 2. The van der Waals surface area contributed by atoms with Crippen LogP contribution >= 0.6 is 11.6 Å². The number of benzene rings is 4. The van der Waals surface area contributed by atoms with Gasteiger partial charge in [0, 0.05) is 28.3 Å². The topological polar surface area (TPSA) is 67.9 Å². The number of anilines is 2. The molecule has 0 saturated heterocycles. The van der Waals surface area contributed by atoms with Gasteiger partial charge in [-0.2, -0.15) is 0 Å². The van der Waals surface area contributed by atoms with Crippen LogP contribution in [0.1, 0.15) is 61.1 Å². The summed E-state index contributed by atoms with van der Waals surface area (Å²) >= 11 is 6.06. The molecule has 1 aliphatic heterocycles. The minimum absolute atomic E-state index is 0.0217. The van der Waals surface area contributed by atoms with E-state index in [4.69, 9.17) is 21.1 Å². The first-order valence-electron chi connectivity index (χ1n) is 14.9. The van der Waals surface area contributed by atoms with Gasteiger partial charge in [-0.3, -0.25) is 14.5 Å². The maximum absolute atomic E-state index is 14.5. The number of hydrogen-bond donors (Lipinski definition) is 1. The van der Waals surface area contributed by atoms with Crippen molar-refractivity contribution in [2.24, 2.45) is 5.41 Å². The van der Waals surface area contributed by atoms with Crippen LogP contribution < -0.4 is 19.7 Å². The Labute approximate surface area is 263 Å². The van der Waals surface area contributed by atoms with Crippen LogP contribution in [0.3, 0.4) is 0 Å². The van der Waals surface area contributed by atoms with Gasteiger partial charge in [-0.15, -0.1) is 0 Å². The lowest BCUT2D eigenvalue weighted by Gasteiger charge is -2.37. The van der Waals surface area contributed by atoms with Crippen LogP contribution in [0.2, 0.25) is 5.02 Å². The molecule has 7 heteroatoms. The summed E-state index contributed by atoms with van der Waals surface area (Å²) in [5.41, 5.74) is 4.96. The lowest BCUT2D eigenvalue weighted by atomic mass is 9.73. The Morgan fingerprint density at radius 1 is 0.909 bits per heavy atom. The lowest BCUT2D eigenvalue weighted by Crippen LogP contribution is -2.39. The molecule has 0 spiro atoms. The summed E-state index contributed by atoms with van der Waals surface area (Å²) in [6.07, 6.45) is 1.06. The molecule has 0 radical (unpaired) electrons. The van der Waals surface area contributed by atoms with Crippen molar-refractivity contribution in [1.29, 1.82) is 0 Å². The molecule has 1 atom stereocenters. The molecule has 0 aromatic heterocycles. The Balaban J connectivity index is 1.50. The molecule has 1 aliphatic carbocycles. The molecule has 1 N–H and O–H groups in total. The summed E-state index contributed by atoms with van der Waals surface area (Å²) in [5.74, 6) is 0.942. The number of fused-ring (bicyclic) bond motifs is 1. The zero-order valence-corrected chi connectivity index (χ0v) is 25.9. The van der Waals surface area contributed by atoms with Crippen molar-refractivity contribution in [2.75, 3.05) is 16.8 Å². The third-order valence-electron chi connectivity index (χ3n) is 8.03. The standard InChI is InChI=1S/C37H35ClN2O4/c1-4-43-33-20-26(16-19-32(33)44-23-24-14-17-27(38)18-15-24)35-34-29(21-37(2,3)22-31(34)41)39-28-12-8-9-13-30(28)40(35)36(42)25-10-6-5-7-11-25/h5-20,35,39H,4,21-23H2,1-3H3/t35-/m1/s1. The highest BCUT2D eigenvalue weighted by Crippen LogP contribution is 2.49. The van der Waals surface area contributed by atoms with Crippen molar-refractivity contribution >= 4 is 34.7 Å². The van der Waals surface area contributed by atoms with E-state index in [-0.39, 0.29) is 17.1 Å². The number of nitrogens with one attached hydrogen (secondary N) is 1. The van der Waals surface area contributed by atoms with Crippen LogP contribution in [0.25, 0.3) is 0 Å². The quantitative estimate of drug-likeness (QED) is 0.228. The molecule has 44 heavy (non-hydrogen) atoms. The minimum Gasteiger partial charge on any atom is -0.490 e. The Hall–Kier alpha value is -4.55. The highest BCUT2D eigenvalue weighted by molar-refractivity contribution is 6.30. The molecule has 4 aromatic carbocycles. The first-order chi connectivity index (χ1) is 21.2. The molecule has 0 fully saturated rings. The van der Waals surface area contributed by atoms with Crippen LogP contribution in [0.5, 0.6) is 11.5 Å². The number of Topliss-reactive ketones (excluding diaryl/α,β-unsaturated/α-hetero) is 1. The highest BCUT2D eigenvalue weighted by Gasteiger charge is 2.43. The molecule has 224 valence electrons. The van der Waals surface area contributed by atoms with Crippen molar-refractivity contribution in [1.82, 2.24) is 0 Å². The Morgan fingerprint density at radius 2 is 1.64 bits per heavy atom. The summed E-state index contributed by atoms with van der Waals surface area (Å²) < 4.78 is 12.3. The summed E-state index contributed by atoms with van der Waals surface area (Å²) in [4.78, 5) is 30.3. The van der Waals surface area contributed by atoms with Crippen LogP contribution in [-0.2, 0) is 11.4 Å². The molecule has 0 bridgehead atoms. The van der Waals surface area contributed by atoms with Crippen molar-refractivity contribution in [3.05, 3.63) is 130 Å². The van der Waals surface area contributed by atoms with E-state index in [0.29, 0.717) is 59.4 Å². The van der Waals surface area contributed by atoms with Crippen LogP contribution in [0, 0.1) is 5.41 Å².